The van der Waals surface area contributed by atoms with Crippen molar-refractivity contribution < 1.29 is 17.9 Å². The van der Waals surface area contributed by atoms with Gasteiger partial charge in [-0.1, -0.05) is 18.2 Å². The van der Waals surface area contributed by atoms with Crippen LogP contribution in [0.15, 0.2) is 78.2 Å². The Bertz CT molecular complexity index is 1230. The Hall–Kier alpha value is -3.53. The summed E-state index contributed by atoms with van der Waals surface area (Å²) in [5.74, 6) is 1.76. The normalized spacial score (nSPS) is 12.7. The first-order chi connectivity index (χ1) is 16.4. The number of rotatable bonds is 4. The van der Waals surface area contributed by atoms with Crippen molar-refractivity contribution in [3.05, 3.63) is 84.4 Å². The van der Waals surface area contributed by atoms with Crippen LogP contribution in [0.3, 0.4) is 0 Å². The van der Waals surface area contributed by atoms with Crippen LogP contribution < -0.4 is 9.46 Å². The zero-order valence-corrected chi connectivity index (χ0v) is 19.1. The molecule has 0 radical (unpaired) electrons. The monoisotopic (exact) mass is 485 g/mol. The summed E-state index contributed by atoms with van der Waals surface area (Å²) in [6.45, 7) is 0.818. The minimum absolute atomic E-state index is 0.509. The number of nitrogens with zero attached hydrogens (tertiary/aromatic N) is 4. The number of aryl methyl sites for hydroxylation is 2. The predicted octanol–water partition coefficient (Wildman–Crippen LogP) is 6.03. The van der Waals surface area contributed by atoms with Crippen molar-refractivity contribution in [3.63, 3.8) is 0 Å². The lowest BCUT2D eigenvalue weighted by Crippen LogP contribution is -2.08. The number of benzene rings is 2. The molecule has 0 saturated heterocycles. The SMILES string of the molecule is Cn1nccc1-c1cccc(C(F)(F)F)c1.c1cnc(NSc2ccc3c(c2)OCCC3)cn1. The van der Waals surface area contributed by atoms with Gasteiger partial charge in [-0.25, -0.2) is 4.98 Å². The third kappa shape index (κ3) is 6.07. The second-order valence-electron chi connectivity index (χ2n) is 7.43. The molecule has 1 aliphatic heterocycles. The van der Waals surface area contributed by atoms with Crippen molar-refractivity contribution >= 4 is 17.8 Å². The molecular formula is C24H22F3N5OS. The summed E-state index contributed by atoms with van der Waals surface area (Å²) < 4.78 is 47.8. The lowest BCUT2D eigenvalue weighted by Gasteiger charge is -2.17. The fourth-order valence-electron chi connectivity index (χ4n) is 3.36. The van der Waals surface area contributed by atoms with Gasteiger partial charge in [0.05, 0.1) is 24.1 Å². The van der Waals surface area contributed by atoms with Gasteiger partial charge in [0.15, 0.2) is 5.82 Å². The van der Waals surface area contributed by atoms with Crippen LogP contribution in [0.2, 0.25) is 0 Å². The van der Waals surface area contributed by atoms with Gasteiger partial charge in [-0.3, -0.25) is 9.67 Å². The Kier molecular flexibility index (Phi) is 7.36. The molecule has 176 valence electrons. The zero-order valence-electron chi connectivity index (χ0n) is 18.3. The second kappa shape index (κ2) is 10.6. The fourth-order valence-corrected chi connectivity index (χ4v) is 3.99. The molecule has 0 saturated carbocycles. The second-order valence-corrected chi connectivity index (χ2v) is 8.31. The Morgan fingerprint density at radius 1 is 1.06 bits per heavy atom. The Balaban J connectivity index is 0.000000162. The predicted molar refractivity (Wildman–Crippen MR) is 125 cm³/mol. The zero-order chi connectivity index (χ0) is 24.0. The number of alkyl halides is 3. The molecule has 0 aliphatic carbocycles. The molecule has 34 heavy (non-hydrogen) atoms. The van der Waals surface area contributed by atoms with E-state index in [4.69, 9.17) is 4.74 Å². The van der Waals surface area contributed by atoms with Crippen molar-refractivity contribution in [2.75, 3.05) is 11.3 Å². The van der Waals surface area contributed by atoms with Crippen molar-refractivity contribution in [1.82, 2.24) is 19.7 Å². The Labute approximate surface area is 199 Å². The maximum absolute atomic E-state index is 12.5. The molecule has 1 aliphatic rings. The summed E-state index contributed by atoms with van der Waals surface area (Å²) in [4.78, 5) is 9.27. The van der Waals surface area contributed by atoms with Crippen LogP contribution in [0.25, 0.3) is 11.3 Å². The highest BCUT2D eigenvalue weighted by molar-refractivity contribution is 8.00. The highest BCUT2D eigenvalue weighted by Crippen LogP contribution is 2.32. The van der Waals surface area contributed by atoms with E-state index in [-0.39, 0.29) is 0 Å². The van der Waals surface area contributed by atoms with Gasteiger partial charge in [-0.2, -0.15) is 18.3 Å². The smallest absolute Gasteiger partial charge is 0.416 e. The molecule has 4 aromatic rings. The number of hydrogen-bond acceptors (Lipinski definition) is 6. The largest absolute Gasteiger partial charge is 0.493 e. The number of ether oxygens (including phenoxy) is 1. The topological polar surface area (TPSA) is 64.9 Å². The Morgan fingerprint density at radius 2 is 1.94 bits per heavy atom. The highest BCUT2D eigenvalue weighted by atomic mass is 32.2. The molecule has 1 N–H and O–H groups in total. The van der Waals surface area contributed by atoms with Crippen molar-refractivity contribution in [1.29, 1.82) is 0 Å². The number of fused-ring (bicyclic) bond motifs is 1. The number of nitrogens with one attached hydrogen (secondary N) is 1. The lowest BCUT2D eigenvalue weighted by molar-refractivity contribution is -0.137. The summed E-state index contributed by atoms with van der Waals surface area (Å²) in [6, 6.07) is 13.2. The van der Waals surface area contributed by atoms with E-state index in [1.165, 1.54) is 28.3 Å². The van der Waals surface area contributed by atoms with Gasteiger partial charge in [0, 0.05) is 36.1 Å². The summed E-state index contributed by atoms with van der Waals surface area (Å²) >= 11 is 1.51. The molecule has 0 fully saturated rings. The average molecular weight is 486 g/mol. The molecule has 2 aromatic carbocycles. The quantitative estimate of drug-likeness (QED) is 0.356. The molecule has 3 heterocycles. The molecule has 0 atom stereocenters. The van der Waals surface area contributed by atoms with E-state index in [1.807, 2.05) is 0 Å². The van der Waals surface area contributed by atoms with Gasteiger partial charge in [0.1, 0.15) is 5.75 Å². The van der Waals surface area contributed by atoms with E-state index in [0.717, 1.165) is 48.0 Å². The van der Waals surface area contributed by atoms with E-state index in [1.54, 1.807) is 44.0 Å². The number of hydrogen-bond donors (Lipinski definition) is 1. The average Bonchev–Trinajstić information content (AvgIpc) is 3.29. The van der Waals surface area contributed by atoms with Gasteiger partial charge >= 0.3 is 6.18 Å². The van der Waals surface area contributed by atoms with Crippen molar-refractivity contribution in [2.24, 2.45) is 7.05 Å². The summed E-state index contributed by atoms with van der Waals surface area (Å²) in [7, 11) is 1.69. The molecule has 0 unspecified atom stereocenters. The number of halogens is 3. The molecule has 5 rings (SSSR count). The first-order valence-corrected chi connectivity index (χ1v) is 11.3. The van der Waals surface area contributed by atoms with Crippen LogP contribution in [0, 0.1) is 0 Å². The number of anilines is 1. The molecule has 10 heteroatoms. The van der Waals surface area contributed by atoms with E-state index in [9.17, 15) is 13.2 Å². The molecule has 0 amide bonds. The first-order valence-electron chi connectivity index (χ1n) is 10.5. The minimum Gasteiger partial charge on any atom is -0.493 e. The van der Waals surface area contributed by atoms with Crippen LogP contribution in [-0.4, -0.2) is 26.4 Å². The van der Waals surface area contributed by atoms with Gasteiger partial charge in [0.2, 0.25) is 0 Å². The molecular weight excluding hydrogens is 463 g/mol. The van der Waals surface area contributed by atoms with Crippen LogP contribution in [-0.2, 0) is 19.6 Å². The van der Waals surface area contributed by atoms with Crippen LogP contribution in [0.1, 0.15) is 17.5 Å². The van der Waals surface area contributed by atoms with Crippen LogP contribution >= 0.6 is 11.9 Å². The molecule has 2 aromatic heterocycles. The van der Waals surface area contributed by atoms with E-state index >= 15 is 0 Å². The van der Waals surface area contributed by atoms with Gasteiger partial charge in [-0.05, 0) is 60.7 Å². The minimum atomic E-state index is -4.31. The summed E-state index contributed by atoms with van der Waals surface area (Å²) in [5, 5.41) is 3.92. The Morgan fingerprint density at radius 3 is 2.68 bits per heavy atom. The van der Waals surface area contributed by atoms with Crippen LogP contribution in [0.4, 0.5) is 19.0 Å². The highest BCUT2D eigenvalue weighted by Gasteiger charge is 2.30. The van der Waals surface area contributed by atoms with E-state index < -0.39 is 11.7 Å². The van der Waals surface area contributed by atoms with Gasteiger partial charge in [0.25, 0.3) is 0 Å². The fraction of sp³-hybridized carbons (Fsp3) is 0.208. The third-order valence-electron chi connectivity index (χ3n) is 5.03. The molecule has 0 spiro atoms. The van der Waals surface area contributed by atoms with Gasteiger partial charge < -0.3 is 9.46 Å². The third-order valence-corrected chi connectivity index (χ3v) is 5.83. The maximum atomic E-state index is 12.5. The maximum Gasteiger partial charge on any atom is 0.416 e. The lowest BCUT2D eigenvalue weighted by atomic mass is 10.1. The van der Waals surface area contributed by atoms with Crippen molar-refractivity contribution in [3.8, 4) is 17.0 Å². The van der Waals surface area contributed by atoms with Crippen molar-refractivity contribution in [2.45, 2.75) is 23.9 Å². The summed E-state index contributed by atoms with van der Waals surface area (Å²) in [6.07, 6.45) is 4.47. The van der Waals surface area contributed by atoms with Crippen LogP contribution in [0.5, 0.6) is 5.75 Å². The first kappa shape index (κ1) is 23.6. The summed E-state index contributed by atoms with van der Waals surface area (Å²) in [5.41, 5.74) is 1.82. The van der Waals surface area contributed by atoms with E-state index in [0.29, 0.717) is 11.3 Å². The number of aromatic nitrogens is 4. The van der Waals surface area contributed by atoms with Gasteiger partial charge in [-0.15, -0.1) is 0 Å². The van der Waals surface area contributed by atoms with E-state index in [2.05, 4.69) is 38.0 Å². The molecule has 6 nitrogen and oxygen atoms in total. The standard InChI is InChI=1S/C13H13N3OS.C11H9F3N2/c1-2-10-3-4-11(8-12(10)17-7-1)18-16-13-9-14-5-6-15-13;1-16-10(5-6-15-16)8-3-2-4-9(7-8)11(12,13)14/h3-6,8-9H,1-2,7H2,(H,15,16);2-7H,1H3. The molecule has 0 bridgehead atoms.